The Balaban J connectivity index is 1.47. The van der Waals surface area contributed by atoms with Crippen molar-refractivity contribution in [2.24, 2.45) is 0 Å². The first kappa shape index (κ1) is 27.3. The van der Waals surface area contributed by atoms with Gasteiger partial charge >= 0.3 is 5.97 Å². The zero-order chi connectivity index (χ0) is 28.2. The zero-order valence-electron chi connectivity index (χ0n) is 23.5. The number of hydrogen-bond donors (Lipinski definition) is 1. The van der Waals surface area contributed by atoms with E-state index in [-0.39, 0.29) is 18.3 Å². The summed E-state index contributed by atoms with van der Waals surface area (Å²) in [6.45, 7) is 4.18. The number of rotatable bonds is 8. The van der Waals surface area contributed by atoms with Crippen LogP contribution in [0.4, 0.5) is 0 Å². The lowest BCUT2D eigenvalue weighted by Gasteiger charge is -2.37. The first-order valence-electron chi connectivity index (χ1n) is 13.6. The molecule has 5 rings (SSSR count). The number of carbonyl (C=O) groups excluding carboxylic acids is 2. The van der Waals surface area contributed by atoms with Crippen LogP contribution in [0, 0.1) is 6.92 Å². The fourth-order valence-electron chi connectivity index (χ4n) is 5.86. The van der Waals surface area contributed by atoms with Gasteiger partial charge in [0.2, 0.25) is 0 Å². The molecule has 0 saturated heterocycles. The summed E-state index contributed by atoms with van der Waals surface area (Å²) in [7, 11) is 3.22. The number of ketones is 1. The molecule has 0 saturated carbocycles. The number of methoxy groups -OCH3 is 2. The predicted molar refractivity (Wildman–Crippen MR) is 154 cm³/mol. The maximum Gasteiger partial charge on any atom is 0.336 e. The normalized spacial score (nSPS) is 18.6. The van der Waals surface area contributed by atoms with Crippen molar-refractivity contribution < 1.29 is 23.8 Å². The summed E-state index contributed by atoms with van der Waals surface area (Å²) < 4.78 is 16.7. The van der Waals surface area contributed by atoms with Gasteiger partial charge in [0.25, 0.3) is 0 Å². The van der Waals surface area contributed by atoms with E-state index in [1.165, 1.54) is 0 Å². The van der Waals surface area contributed by atoms with Crippen LogP contribution in [0.3, 0.4) is 0 Å². The second-order valence-electron chi connectivity index (χ2n) is 10.4. The molecule has 0 aromatic heterocycles. The number of aryl methyl sites for hydroxylation is 1. The molecule has 206 valence electrons. The molecule has 6 heteroatoms. The van der Waals surface area contributed by atoms with Crippen molar-refractivity contribution in [3.8, 4) is 11.5 Å². The predicted octanol–water partition coefficient (Wildman–Crippen LogP) is 6.16. The van der Waals surface area contributed by atoms with Crippen LogP contribution in [0.5, 0.6) is 11.5 Å². The Morgan fingerprint density at radius 1 is 0.900 bits per heavy atom. The highest BCUT2D eigenvalue weighted by Gasteiger charge is 2.42. The van der Waals surface area contributed by atoms with E-state index in [4.69, 9.17) is 14.2 Å². The quantitative estimate of drug-likeness (QED) is 0.347. The fourth-order valence-corrected chi connectivity index (χ4v) is 5.86. The van der Waals surface area contributed by atoms with Gasteiger partial charge in [-0.15, -0.1) is 0 Å². The van der Waals surface area contributed by atoms with Crippen LogP contribution < -0.4 is 14.8 Å². The van der Waals surface area contributed by atoms with E-state index in [1.54, 1.807) is 14.2 Å². The number of allylic oxidation sites excluding steroid dienone is 3. The third kappa shape index (κ3) is 5.39. The first-order chi connectivity index (χ1) is 19.4. The monoisotopic (exact) mass is 537 g/mol. The zero-order valence-corrected chi connectivity index (χ0v) is 23.5. The number of dihydropyridines is 1. The van der Waals surface area contributed by atoms with Gasteiger partial charge in [-0.25, -0.2) is 4.79 Å². The highest BCUT2D eigenvalue weighted by atomic mass is 16.5. The van der Waals surface area contributed by atoms with Gasteiger partial charge in [-0.3, -0.25) is 4.79 Å². The summed E-state index contributed by atoms with van der Waals surface area (Å²) in [5.74, 6) is 0.416. The Bertz CT molecular complexity index is 1490. The largest absolute Gasteiger partial charge is 0.493 e. The van der Waals surface area contributed by atoms with Gasteiger partial charge in [-0.1, -0.05) is 60.7 Å². The van der Waals surface area contributed by atoms with Gasteiger partial charge in [-0.2, -0.15) is 0 Å². The van der Waals surface area contributed by atoms with Gasteiger partial charge in [0.1, 0.15) is 0 Å². The van der Waals surface area contributed by atoms with Crippen LogP contribution in [0.1, 0.15) is 53.9 Å². The average Bonchev–Trinajstić information content (AvgIpc) is 2.96. The highest BCUT2D eigenvalue weighted by Crippen LogP contribution is 2.47. The van der Waals surface area contributed by atoms with Crippen LogP contribution in [-0.2, 0) is 20.7 Å². The SMILES string of the molecule is COc1ccc([C@@H]2CC(=O)C3=C(C2)NC(C)=C(C(=O)OCCc2ccccc2)[C@@H]3c2ccccc2C)cc1OC. The summed E-state index contributed by atoms with van der Waals surface area (Å²) in [5.41, 5.74) is 6.83. The minimum Gasteiger partial charge on any atom is -0.493 e. The number of ether oxygens (including phenoxy) is 3. The van der Waals surface area contributed by atoms with E-state index in [2.05, 4.69) is 5.32 Å². The highest BCUT2D eigenvalue weighted by molar-refractivity contribution is 6.04. The van der Waals surface area contributed by atoms with E-state index in [0.29, 0.717) is 41.9 Å². The van der Waals surface area contributed by atoms with Crippen LogP contribution in [-0.4, -0.2) is 32.6 Å². The molecule has 0 spiro atoms. The number of Topliss-reactive ketones (excluding diaryl/α,β-unsaturated/α-hetero) is 1. The van der Waals surface area contributed by atoms with Crippen molar-refractivity contribution in [3.05, 3.63) is 118 Å². The van der Waals surface area contributed by atoms with Gasteiger partial charge in [-0.05, 0) is 60.6 Å². The lowest BCUT2D eigenvalue weighted by atomic mass is 9.71. The van der Waals surface area contributed by atoms with Crippen molar-refractivity contribution in [2.45, 2.75) is 44.9 Å². The summed E-state index contributed by atoms with van der Waals surface area (Å²) in [6, 6.07) is 23.7. The molecule has 3 aromatic rings. The molecule has 40 heavy (non-hydrogen) atoms. The molecule has 2 atom stereocenters. The lowest BCUT2D eigenvalue weighted by molar-refractivity contribution is -0.139. The molecule has 0 fully saturated rings. The second kappa shape index (κ2) is 11.8. The third-order valence-corrected chi connectivity index (χ3v) is 7.89. The summed E-state index contributed by atoms with van der Waals surface area (Å²) >= 11 is 0. The van der Waals surface area contributed by atoms with Gasteiger partial charge in [0.15, 0.2) is 17.3 Å². The molecule has 0 amide bonds. The summed E-state index contributed by atoms with van der Waals surface area (Å²) in [4.78, 5) is 27.5. The average molecular weight is 538 g/mol. The Hall–Kier alpha value is -4.32. The van der Waals surface area contributed by atoms with Crippen molar-refractivity contribution >= 4 is 11.8 Å². The third-order valence-electron chi connectivity index (χ3n) is 7.89. The van der Waals surface area contributed by atoms with E-state index in [1.807, 2.05) is 86.6 Å². The van der Waals surface area contributed by atoms with E-state index in [0.717, 1.165) is 33.6 Å². The number of carbonyl (C=O) groups is 2. The standard InChI is InChI=1S/C34H35NO5/c1-21-10-8-9-13-26(21)32-31(34(37)40-17-16-23-11-6-5-7-12-23)22(2)35-27-18-25(19-28(36)33(27)32)24-14-15-29(38-3)30(20-24)39-4/h5-15,20,25,32,35H,16-19H2,1-4H3/t25-,32-/m0/s1. The molecule has 2 aliphatic rings. The smallest absolute Gasteiger partial charge is 0.336 e. The second-order valence-corrected chi connectivity index (χ2v) is 10.4. The minimum atomic E-state index is -0.486. The molecular formula is C34H35NO5. The first-order valence-corrected chi connectivity index (χ1v) is 13.6. The molecule has 1 aliphatic heterocycles. The Morgan fingerprint density at radius 3 is 2.35 bits per heavy atom. The van der Waals surface area contributed by atoms with Crippen molar-refractivity contribution in [1.82, 2.24) is 5.32 Å². The van der Waals surface area contributed by atoms with Crippen molar-refractivity contribution in [1.29, 1.82) is 0 Å². The van der Waals surface area contributed by atoms with E-state index in [9.17, 15) is 9.59 Å². The number of nitrogens with one attached hydrogen (secondary N) is 1. The Labute approximate surface area is 235 Å². The molecule has 0 unspecified atom stereocenters. The topological polar surface area (TPSA) is 73.9 Å². The van der Waals surface area contributed by atoms with Crippen LogP contribution in [0.25, 0.3) is 0 Å². The molecule has 1 heterocycles. The molecule has 0 bridgehead atoms. The molecule has 3 aromatic carbocycles. The minimum absolute atomic E-state index is 0.0248. The lowest BCUT2D eigenvalue weighted by Crippen LogP contribution is -2.36. The molecular weight excluding hydrogens is 502 g/mol. The van der Waals surface area contributed by atoms with Crippen LogP contribution >= 0.6 is 0 Å². The summed E-state index contributed by atoms with van der Waals surface area (Å²) in [6.07, 6.45) is 1.61. The van der Waals surface area contributed by atoms with Gasteiger partial charge in [0, 0.05) is 35.7 Å². The van der Waals surface area contributed by atoms with Gasteiger partial charge in [0.05, 0.1) is 26.4 Å². The van der Waals surface area contributed by atoms with Crippen molar-refractivity contribution in [2.75, 3.05) is 20.8 Å². The molecule has 0 radical (unpaired) electrons. The van der Waals surface area contributed by atoms with Crippen molar-refractivity contribution in [3.63, 3.8) is 0 Å². The van der Waals surface area contributed by atoms with Crippen LogP contribution in [0.15, 0.2) is 95.3 Å². The van der Waals surface area contributed by atoms with Crippen LogP contribution in [0.2, 0.25) is 0 Å². The Morgan fingerprint density at radius 2 is 1.62 bits per heavy atom. The maximum absolute atomic E-state index is 13.9. The van der Waals surface area contributed by atoms with Gasteiger partial charge < -0.3 is 19.5 Å². The van der Waals surface area contributed by atoms with E-state index >= 15 is 0 Å². The Kier molecular flexibility index (Phi) is 8.06. The summed E-state index contributed by atoms with van der Waals surface area (Å²) in [5, 5.41) is 3.44. The number of hydrogen-bond acceptors (Lipinski definition) is 6. The molecule has 6 nitrogen and oxygen atoms in total. The van der Waals surface area contributed by atoms with E-state index < -0.39 is 11.9 Å². The molecule has 1 N–H and O–H groups in total. The number of esters is 1. The molecule has 1 aliphatic carbocycles. The maximum atomic E-state index is 13.9. The number of benzene rings is 3. The fraction of sp³-hybridized carbons (Fsp3) is 0.294.